The van der Waals surface area contributed by atoms with Crippen molar-refractivity contribution in [3.05, 3.63) is 153 Å². The quantitative estimate of drug-likeness (QED) is 0.162. The number of hydrogen-bond acceptors (Lipinski definition) is 3. The molecule has 3 heteroatoms. The number of fused-ring (bicyclic) bond motifs is 12. The first-order chi connectivity index (χ1) is 24.7. The van der Waals surface area contributed by atoms with Crippen LogP contribution in [0.5, 0.6) is 0 Å². The summed E-state index contributed by atoms with van der Waals surface area (Å²) in [7, 11) is 0. The van der Waals surface area contributed by atoms with Gasteiger partial charge in [0.15, 0.2) is 5.43 Å². The molecular formula is C47H38N2O. The molecule has 0 saturated carbocycles. The first-order valence-corrected chi connectivity index (χ1v) is 18.1. The monoisotopic (exact) mass is 646 g/mol. The van der Waals surface area contributed by atoms with Crippen molar-refractivity contribution in [1.82, 2.24) is 0 Å². The van der Waals surface area contributed by atoms with Gasteiger partial charge in [0, 0.05) is 48.5 Å². The predicted molar refractivity (Wildman–Crippen MR) is 212 cm³/mol. The highest BCUT2D eigenvalue weighted by Crippen LogP contribution is 2.43. The van der Waals surface area contributed by atoms with Gasteiger partial charge in [0.1, 0.15) is 0 Å². The molecule has 9 rings (SSSR count). The molecular weight excluding hydrogens is 609 g/mol. The van der Waals surface area contributed by atoms with Crippen LogP contribution in [0.1, 0.15) is 50.7 Å². The Morgan fingerprint density at radius 1 is 0.400 bits per heavy atom. The maximum atomic E-state index is 14.6. The van der Waals surface area contributed by atoms with Crippen molar-refractivity contribution < 1.29 is 0 Å². The van der Waals surface area contributed by atoms with Crippen LogP contribution in [0.15, 0.2) is 136 Å². The van der Waals surface area contributed by atoms with E-state index in [2.05, 4.69) is 117 Å². The molecule has 0 saturated heterocycles. The molecule has 50 heavy (non-hydrogen) atoms. The van der Waals surface area contributed by atoms with Crippen molar-refractivity contribution in [3.63, 3.8) is 0 Å². The number of aryl methyl sites for hydroxylation is 2. The lowest BCUT2D eigenvalue weighted by molar-refractivity contribution is 0.795. The smallest absolute Gasteiger partial charge is 0.194 e. The van der Waals surface area contributed by atoms with Crippen LogP contribution in [0.25, 0.3) is 64.6 Å². The van der Waals surface area contributed by atoms with E-state index in [0.29, 0.717) is 0 Å². The molecule has 0 amide bonds. The van der Waals surface area contributed by atoms with E-state index in [0.717, 1.165) is 99.6 Å². The second kappa shape index (κ2) is 12.3. The molecule has 0 heterocycles. The summed E-state index contributed by atoms with van der Waals surface area (Å²) >= 11 is 0. The zero-order chi connectivity index (χ0) is 33.8. The van der Waals surface area contributed by atoms with E-state index in [1.165, 1.54) is 36.8 Å². The zero-order valence-electron chi connectivity index (χ0n) is 28.6. The fraction of sp³-hybridized carbons (Fsp3) is 0.170. The molecule has 242 valence electrons. The highest BCUT2D eigenvalue weighted by atomic mass is 16.1. The summed E-state index contributed by atoms with van der Waals surface area (Å²) < 4.78 is 0. The number of benzene rings is 6. The molecule has 0 radical (unpaired) electrons. The van der Waals surface area contributed by atoms with Gasteiger partial charge in [-0.3, -0.25) is 4.79 Å². The molecule has 0 aliphatic heterocycles. The fourth-order valence-electron chi connectivity index (χ4n) is 8.10. The highest BCUT2D eigenvalue weighted by Gasteiger charge is 2.25. The highest BCUT2D eigenvalue weighted by molar-refractivity contribution is 6.42. The third-order valence-electron chi connectivity index (χ3n) is 10.5. The minimum absolute atomic E-state index is 0.0709. The van der Waals surface area contributed by atoms with Gasteiger partial charge in [-0.15, -0.1) is 0 Å². The van der Waals surface area contributed by atoms with E-state index in [1.807, 2.05) is 18.2 Å². The van der Waals surface area contributed by atoms with Crippen LogP contribution in [0.4, 0.5) is 11.4 Å². The van der Waals surface area contributed by atoms with Gasteiger partial charge in [-0.25, -0.2) is 9.98 Å². The normalized spacial score (nSPS) is 13.0. The lowest BCUT2D eigenvalue weighted by Gasteiger charge is -2.04. The Morgan fingerprint density at radius 2 is 0.760 bits per heavy atom. The SMILES string of the molecule is CCCCc1ccc(N=c2c3ccccc3c3c2c2c4ccccc4c(=O)c2c2c4ccccc4c(=Nc4ccc(CCCC)cc4)c23)cc1. The fourth-order valence-corrected chi connectivity index (χ4v) is 8.10. The molecule has 0 aliphatic rings. The van der Waals surface area contributed by atoms with Gasteiger partial charge in [0.25, 0.3) is 0 Å². The predicted octanol–water partition coefficient (Wildman–Crippen LogP) is 11.4. The Hall–Kier alpha value is -5.67. The number of nitrogens with zero attached hydrogens (tertiary/aromatic N) is 2. The first-order valence-electron chi connectivity index (χ1n) is 18.1. The van der Waals surface area contributed by atoms with E-state index >= 15 is 0 Å². The standard InChI is InChI=1S/C47H38N2O/c1-3-5-13-29-21-25-31(26-22-29)48-45-36-18-10-7-15-33(36)39-42-40(44-41(43(39)45)35-17-9-12-20-38(35)47(44)50)34-16-8-11-19-37(34)46(42)49-32-27-23-30(24-28-32)14-6-4-2/h7-12,15-28H,3-6,13-14H2,1-2H3. The Balaban J connectivity index is 1.49. The number of hydrogen-bond donors (Lipinski definition) is 0. The summed E-state index contributed by atoms with van der Waals surface area (Å²) in [6.07, 6.45) is 6.84. The van der Waals surface area contributed by atoms with Crippen molar-refractivity contribution >= 4 is 76.0 Å². The van der Waals surface area contributed by atoms with Gasteiger partial charge in [-0.2, -0.15) is 0 Å². The van der Waals surface area contributed by atoms with Gasteiger partial charge in [-0.05, 0) is 77.2 Å². The zero-order valence-corrected chi connectivity index (χ0v) is 28.6. The molecule has 0 atom stereocenters. The second-order valence-corrected chi connectivity index (χ2v) is 13.7. The van der Waals surface area contributed by atoms with Crippen LogP contribution in [-0.4, -0.2) is 0 Å². The van der Waals surface area contributed by atoms with E-state index < -0.39 is 0 Å². The van der Waals surface area contributed by atoms with Gasteiger partial charge >= 0.3 is 0 Å². The molecule has 0 fully saturated rings. The molecule has 0 N–H and O–H groups in total. The molecule has 9 aromatic rings. The van der Waals surface area contributed by atoms with Crippen molar-refractivity contribution in [1.29, 1.82) is 0 Å². The molecule has 3 nitrogen and oxygen atoms in total. The molecule has 0 aromatic heterocycles. The molecule has 0 bridgehead atoms. The lowest BCUT2D eigenvalue weighted by atomic mass is 9.99. The lowest BCUT2D eigenvalue weighted by Crippen LogP contribution is -2.02. The topological polar surface area (TPSA) is 41.8 Å². The average molecular weight is 647 g/mol. The van der Waals surface area contributed by atoms with Crippen LogP contribution in [-0.2, 0) is 12.8 Å². The summed E-state index contributed by atoms with van der Waals surface area (Å²) in [5, 5.41) is 13.8. The first kappa shape index (κ1) is 30.4. The minimum atomic E-state index is 0.0709. The van der Waals surface area contributed by atoms with Crippen LogP contribution in [0.3, 0.4) is 0 Å². The third kappa shape index (κ3) is 4.75. The van der Waals surface area contributed by atoms with E-state index in [9.17, 15) is 4.79 Å². The van der Waals surface area contributed by atoms with Gasteiger partial charge in [0.2, 0.25) is 0 Å². The summed E-state index contributed by atoms with van der Waals surface area (Å²) in [5.74, 6) is 0. The van der Waals surface area contributed by atoms with Crippen LogP contribution in [0.2, 0.25) is 0 Å². The van der Waals surface area contributed by atoms with Crippen molar-refractivity contribution in [3.8, 4) is 0 Å². The maximum absolute atomic E-state index is 14.6. The summed E-state index contributed by atoms with van der Waals surface area (Å²) in [5.41, 5.74) is 4.56. The number of rotatable bonds is 8. The summed E-state index contributed by atoms with van der Waals surface area (Å²) in [6, 6.07) is 42.5. The van der Waals surface area contributed by atoms with Crippen LogP contribution < -0.4 is 16.1 Å². The Bertz CT molecular complexity index is 2800. The molecule has 0 unspecified atom stereocenters. The molecule has 9 aromatic carbocycles. The Morgan fingerprint density at radius 3 is 1.18 bits per heavy atom. The van der Waals surface area contributed by atoms with Crippen molar-refractivity contribution in [2.45, 2.75) is 52.4 Å². The van der Waals surface area contributed by atoms with E-state index in [-0.39, 0.29) is 5.43 Å². The van der Waals surface area contributed by atoms with Crippen molar-refractivity contribution in [2.24, 2.45) is 9.98 Å². The largest absolute Gasteiger partial charge is 0.289 e. The van der Waals surface area contributed by atoms with Gasteiger partial charge in [0.05, 0.1) is 22.1 Å². The average Bonchev–Trinajstić information content (AvgIpc) is 3.76. The van der Waals surface area contributed by atoms with Crippen molar-refractivity contribution in [2.75, 3.05) is 0 Å². The Kier molecular flexibility index (Phi) is 7.50. The molecule has 0 aliphatic carbocycles. The van der Waals surface area contributed by atoms with E-state index in [1.54, 1.807) is 0 Å². The molecule has 0 spiro atoms. The van der Waals surface area contributed by atoms with E-state index in [4.69, 9.17) is 9.98 Å². The summed E-state index contributed by atoms with van der Waals surface area (Å²) in [4.78, 5) is 25.5. The number of unbranched alkanes of at least 4 members (excludes halogenated alkanes) is 2. The van der Waals surface area contributed by atoms with Gasteiger partial charge < -0.3 is 0 Å². The minimum Gasteiger partial charge on any atom is -0.289 e. The summed E-state index contributed by atoms with van der Waals surface area (Å²) in [6.45, 7) is 4.46. The van der Waals surface area contributed by atoms with Crippen LogP contribution in [0, 0.1) is 0 Å². The van der Waals surface area contributed by atoms with Crippen LogP contribution >= 0.6 is 0 Å². The second-order valence-electron chi connectivity index (χ2n) is 13.7. The Labute approximate surface area is 290 Å². The maximum Gasteiger partial charge on any atom is 0.194 e. The van der Waals surface area contributed by atoms with Gasteiger partial charge in [-0.1, -0.05) is 124 Å². The third-order valence-corrected chi connectivity index (χ3v) is 10.5.